The molecule has 2 heterocycles. The predicted molar refractivity (Wildman–Crippen MR) is 181 cm³/mol. The normalized spacial score (nSPS) is 12.6. The van der Waals surface area contributed by atoms with Gasteiger partial charge < -0.3 is 26.5 Å². The molecule has 6 N–H and O–H groups in total. The van der Waals surface area contributed by atoms with E-state index in [2.05, 4.69) is 59.9 Å². The first kappa shape index (κ1) is 37.8. The number of allylic oxidation sites excluding steroid dienone is 1. The maximum atomic E-state index is 12.2. The highest BCUT2D eigenvalue weighted by Gasteiger charge is 2.29. The van der Waals surface area contributed by atoms with Crippen molar-refractivity contribution in [2.75, 3.05) is 5.32 Å². The number of hydrogen-bond donors (Lipinski definition) is 5. The van der Waals surface area contributed by atoms with Crippen molar-refractivity contribution in [2.45, 2.75) is 93.0 Å². The number of nitrogens with two attached hydrogens (primary N) is 1. The third kappa shape index (κ3) is 12.6. The van der Waals surface area contributed by atoms with Gasteiger partial charge in [-0.1, -0.05) is 92.0 Å². The molecule has 1 saturated carbocycles. The van der Waals surface area contributed by atoms with Gasteiger partial charge in [0.05, 0.1) is 0 Å². The van der Waals surface area contributed by atoms with E-state index in [1.54, 1.807) is 24.5 Å². The largest absolute Gasteiger partial charge is 0.477 e. The molecular weight excluding hydrogens is 552 g/mol. The van der Waals surface area contributed by atoms with E-state index in [1.165, 1.54) is 37.9 Å². The predicted octanol–water partition coefficient (Wildman–Crippen LogP) is 8.15. The summed E-state index contributed by atoms with van der Waals surface area (Å²) in [6.07, 6.45) is 13.6. The van der Waals surface area contributed by atoms with Crippen molar-refractivity contribution in [3.63, 3.8) is 0 Å². The molecule has 1 aliphatic carbocycles. The highest BCUT2D eigenvalue weighted by atomic mass is 16.4. The highest BCUT2D eigenvalue weighted by molar-refractivity contribution is 5.86. The van der Waals surface area contributed by atoms with Gasteiger partial charge in [0.2, 0.25) is 5.91 Å². The Balaban J connectivity index is 0.000000852. The number of nitrogens with zero attached hydrogens (tertiary/aromatic N) is 2. The minimum atomic E-state index is -1.07. The molecule has 0 saturated heterocycles. The second-order valence-corrected chi connectivity index (χ2v) is 10.2. The quantitative estimate of drug-likeness (QED) is 0.139. The summed E-state index contributed by atoms with van der Waals surface area (Å²) in [7, 11) is 0. The molecule has 3 aromatic rings. The number of rotatable bonds is 11. The van der Waals surface area contributed by atoms with E-state index in [1.807, 2.05) is 39.0 Å². The number of H-pyrrole nitrogens is 1. The Labute approximate surface area is 263 Å². The first-order valence-corrected chi connectivity index (χ1v) is 15.7. The van der Waals surface area contributed by atoms with Gasteiger partial charge >= 0.3 is 5.97 Å². The van der Waals surface area contributed by atoms with Crippen LogP contribution in [0.15, 0.2) is 73.0 Å². The molecule has 0 bridgehead atoms. The van der Waals surface area contributed by atoms with Gasteiger partial charge in [-0.3, -0.25) is 4.79 Å². The van der Waals surface area contributed by atoms with Crippen LogP contribution in [-0.4, -0.2) is 31.9 Å². The van der Waals surface area contributed by atoms with Crippen LogP contribution in [0.4, 0.5) is 5.69 Å². The second-order valence-electron chi connectivity index (χ2n) is 10.2. The van der Waals surface area contributed by atoms with Crippen LogP contribution in [0.1, 0.15) is 108 Å². The summed E-state index contributed by atoms with van der Waals surface area (Å²) in [6, 6.07) is 8.30. The molecule has 2 aromatic heterocycles. The van der Waals surface area contributed by atoms with Gasteiger partial charge in [-0.2, -0.15) is 0 Å². The molecule has 1 unspecified atom stereocenters. The van der Waals surface area contributed by atoms with Gasteiger partial charge in [0.25, 0.3) is 0 Å². The smallest absolute Gasteiger partial charge is 0.354 e. The molecule has 4 rings (SSSR count). The third-order valence-corrected chi connectivity index (χ3v) is 6.62. The lowest BCUT2D eigenvalue weighted by molar-refractivity contribution is -0.121. The van der Waals surface area contributed by atoms with Crippen LogP contribution in [0, 0.1) is 12.8 Å². The number of pyridine rings is 1. The number of anilines is 1. The SMILES string of the molecule is C=C(/C=C(/Nc1cccc(-c2ccc(C(=O)O)nc2)c1C)C(N)c1ncc[nH]1)NC(=O)C1CC1.CC.CCCC.CCCC. The van der Waals surface area contributed by atoms with Crippen LogP contribution in [-0.2, 0) is 4.79 Å². The maximum absolute atomic E-state index is 12.2. The summed E-state index contributed by atoms with van der Waals surface area (Å²) in [4.78, 5) is 34.6. The number of aromatic amines is 1. The Morgan fingerprint density at radius 1 is 1.07 bits per heavy atom. The van der Waals surface area contributed by atoms with Crippen molar-refractivity contribution in [3.05, 3.63) is 90.1 Å². The lowest BCUT2D eigenvalue weighted by atomic mass is 10.00. The van der Waals surface area contributed by atoms with E-state index in [9.17, 15) is 9.59 Å². The molecule has 1 aromatic carbocycles. The third-order valence-electron chi connectivity index (χ3n) is 6.62. The maximum Gasteiger partial charge on any atom is 0.354 e. The monoisotopic (exact) mass is 604 g/mol. The number of imidazole rings is 1. The fourth-order valence-corrected chi connectivity index (χ4v) is 3.55. The molecule has 0 aliphatic heterocycles. The molecule has 240 valence electrons. The van der Waals surface area contributed by atoms with Crippen molar-refractivity contribution in [3.8, 4) is 11.1 Å². The number of carbonyl (C=O) groups is 2. The first-order valence-electron chi connectivity index (χ1n) is 15.7. The molecule has 0 spiro atoms. The Kier molecular flexibility index (Phi) is 17.7. The summed E-state index contributed by atoms with van der Waals surface area (Å²) in [5.41, 5.74) is 10.9. The topological polar surface area (TPSA) is 146 Å². The average molecular weight is 605 g/mol. The van der Waals surface area contributed by atoms with E-state index in [4.69, 9.17) is 10.8 Å². The van der Waals surface area contributed by atoms with Gasteiger partial charge in [0, 0.05) is 47.2 Å². The minimum absolute atomic E-state index is 0.0166. The van der Waals surface area contributed by atoms with E-state index in [0.29, 0.717) is 17.2 Å². The van der Waals surface area contributed by atoms with Crippen molar-refractivity contribution in [1.82, 2.24) is 20.3 Å². The van der Waals surface area contributed by atoms with E-state index in [0.717, 1.165) is 35.2 Å². The van der Waals surface area contributed by atoms with E-state index < -0.39 is 12.0 Å². The number of benzene rings is 1. The second kappa shape index (κ2) is 20.6. The van der Waals surface area contributed by atoms with Crippen molar-refractivity contribution in [1.29, 1.82) is 0 Å². The molecule has 1 aliphatic rings. The molecule has 9 nitrogen and oxygen atoms in total. The molecule has 0 radical (unpaired) electrons. The zero-order valence-electron chi connectivity index (χ0n) is 27.5. The van der Waals surface area contributed by atoms with Crippen LogP contribution in [0.5, 0.6) is 0 Å². The molecular formula is C35H52N6O3. The summed E-state index contributed by atoms with van der Waals surface area (Å²) in [5, 5.41) is 15.3. The summed E-state index contributed by atoms with van der Waals surface area (Å²) in [5.74, 6) is -0.500. The van der Waals surface area contributed by atoms with Gasteiger partial charge in [-0.15, -0.1) is 0 Å². The van der Waals surface area contributed by atoms with Gasteiger partial charge in [-0.25, -0.2) is 14.8 Å². The lowest BCUT2D eigenvalue weighted by Gasteiger charge is -2.20. The highest BCUT2D eigenvalue weighted by Crippen LogP contribution is 2.31. The Morgan fingerprint density at radius 3 is 2.18 bits per heavy atom. The number of carboxylic acid groups (broad SMARTS) is 1. The number of unbranched alkanes of at least 4 members (excludes halogenated alkanes) is 2. The number of hydrogen-bond acceptors (Lipinski definition) is 6. The van der Waals surface area contributed by atoms with Gasteiger partial charge in [-0.05, 0) is 49.1 Å². The zero-order chi connectivity index (χ0) is 33.1. The Hall–Kier alpha value is -4.24. The standard InChI is InChI=1S/C25H26N6O3.2C4H10.C2H6/c1-14(30-24(32)16-6-7-16)12-21(22(26)23-27-10-11-28-23)31-19-5-3-4-18(15(19)2)17-8-9-20(25(33)34)29-13-17;2*1-3-4-2;1-2/h3-5,8-13,16,22,31H,1,6-7,26H2,2H3,(H,27,28)(H,30,32)(H,33,34);2*3-4H2,1-2H3;1-2H3/b21-12+;;;. The Bertz CT molecular complexity index is 1300. The average Bonchev–Trinajstić information content (AvgIpc) is 3.76. The van der Waals surface area contributed by atoms with E-state index >= 15 is 0 Å². The fourth-order valence-electron chi connectivity index (χ4n) is 3.55. The lowest BCUT2D eigenvalue weighted by Crippen LogP contribution is -2.25. The first-order chi connectivity index (χ1) is 21.2. The van der Waals surface area contributed by atoms with Crippen LogP contribution in [0.3, 0.4) is 0 Å². The summed E-state index contributed by atoms with van der Waals surface area (Å²) < 4.78 is 0. The summed E-state index contributed by atoms with van der Waals surface area (Å²) in [6.45, 7) is 18.6. The molecule has 1 amide bonds. The van der Waals surface area contributed by atoms with Crippen LogP contribution >= 0.6 is 0 Å². The molecule has 1 fully saturated rings. The number of amides is 1. The van der Waals surface area contributed by atoms with Crippen molar-refractivity contribution >= 4 is 17.6 Å². The number of carbonyl (C=O) groups excluding carboxylic acids is 1. The molecule has 1 atom stereocenters. The van der Waals surface area contributed by atoms with Crippen LogP contribution in [0.2, 0.25) is 0 Å². The van der Waals surface area contributed by atoms with Crippen molar-refractivity contribution < 1.29 is 14.7 Å². The fraction of sp³-hybridized carbons (Fsp3) is 0.429. The molecule has 9 heteroatoms. The van der Waals surface area contributed by atoms with E-state index in [-0.39, 0.29) is 17.5 Å². The number of aromatic carboxylic acids is 1. The number of aromatic nitrogens is 3. The molecule has 44 heavy (non-hydrogen) atoms. The van der Waals surface area contributed by atoms with Gasteiger partial charge in [0.1, 0.15) is 17.6 Å². The Morgan fingerprint density at radius 2 is 1.70 bits per heavy atom. The van der Waals surface area contributed by atoms with Gasteiger partial charge in [0.15, 0.2) is 0 Å². The number of carboxylic acids is 1. The summed E-state index contributed by atoms with van der Waals surface area (Å²) >= 11 is 0. The number of nitrogens with one attached hydrogen (secondary N) is 3. The van der Waals surface area contributed by atoms with Crippen molar-refractivity contribution in [2.24, 2.45) is 11.7 Å². The van der Waals surface area contributed by atoms with Crippen LogP contribution < -0.4 is 16.4 Å². The van der Waals surface area contributed by atoms with Crippen LogP contribution in [0.25, 0.3) is 11.1 Å². The zero-order valence-corrected chi connectivity index (χ0v) is 27.5. The minimum Gasteiger partial charge on any atom is -0.477 e.